The first-order valence-electron chi connectivity index (χ1n) is 9.99. The van der Waals surface area contributed by atoms with Crippen LogP contribution >= 0.6 is 0 Å². The SMILES string of the molecule is CCc1ccccc1NC(=O)C[NH+]1CCN(C(=O)/C=C/c2cccc(F)c2)CC1. The molecule has 0 spiro atoms. The molecule has 6 heteroatoms. The van der Waals surface area contributed by atoms with Gasteiger partial charge in [0.25, 0.3) is 5.91 Å². The Bertz CT molecular complexity index is 889. The Balaban J connectivity index is 1.46. The number of piperazine rings is 1. The van der Waals surface area contributed by atoms with E-state index in [1.165, 1.54) is 18.2 Å². The highest BCUT2D eigenvalue weighted by Gasteiger charge is 2.24. The van der Waals surface area contributed by atoms with Gasteiger partial charge in [-0.15, -0.1) is 0 Å². The summed E-state index contributed by atoms with van der Waals surface area (Å²) in [6, 6.07) is 14.0. The van der Waals surface area contributed by atoms with Crippen LogP contribution in [0.4, 0.5) is 10.1 Å². The number of hydrogen-bond acceptors (Lipinski definition) is 2. The first-order valence-corrected chi connectivity index (χ1v) is 9.99. The van der Waals surface area contributed by atoms with Crippen molar-refractivity contribution in [1.82, 2.24) is 4.90 Å². The van der Waals surface area contributed by atoms with Crippen molar-refractivity contribution in [1.29, 1.82) is 0 Å². The van der Waals surface area contributed by atoms with Gasteiger partial charge in [0, 0.05) is 11.8 Å². The zero-order valence-corrected chi connectivity index (χ0v) is 16.7. The Morgan fingerprint density at radius 1 is 1.14 bits per heavy atom. The van der Waals surface area contributed by atoms with Gasteiger partial charge in [0.05, 0.1) is 26.2 Å². The molecule has 1 heterocycles. The summed E-state index contributed by atoms with van der Waals surface area (Å²) in [7, 11) is 0. The van der Waals surface area contributed by atoms with Gasteiger partial charge in [0.15, 0.2) is 6.54 Å². The quantitative estimate of drug-likeness (QED) is 0.732. The largest absolute Gasteiger partial charge is 0.328 e. The lowest BCUT2D eigenvalue weighted by molar-refractivity contribution is -0.895. The fraction of sp³-hybridized carbons (Fsp3) is 0.304. The molecule has 1 fully saturated rings. The standard InChI is InChI=1S/C23H26FN3O2/c1-2-19-7-3-4-9-21(19)25-22(28)17-26-12-14-27(15-13-26)23(29)11-10-18-6-5-8-20(24)16-18/h3-11,16H,2,12-15,17H2,1H3,(H,25,28)/p+1/b11-10+. The maximum atomic E-state index is 13.2. The molecule has 0 bridgehead atoms. The Labute approximate surface area is 170 Å². The van der Waals surface area contributed by atoms with E-state index in [1.54, 1.807) is 23.1 Å². The second kappa shape index (κ2) is 9.98. The lowest BCUT2D eigenvalue weighted by Gasteiger charge is -2.31. The van der Waals surface area contributed by atoms with Crippen LogP contribution < -0.4 is 10.2 Å². The summed E-state index contributed by atoms with van der Waals surface area (Å²) in [4.78, 5) is 27.7. The number of para-hydroxylation sites is 1. The number of nitrogens with zero attached hydrogens (tertiary/aromatic N) is 1. The van der Waals surface area contributed by atoms with Gasteiger partial charge in [-0.1, -0.05) is 37.3 Å². The van der Waals surface area contributed by atoms with Crippen molar-refractivity contribution >= 4 is 23.6 Å². The monoisotopic (exact) mass is 396 g/mol. The average molecular weight is 396 g/mol. The van der Waals surface area contributed by atoms with E-state index in [1.807, 2.05) is 24.3 Å². The molecule has 152 valence electrons. The fourth-order valence-electron chi connectivity index (χ4n) is 3.48. The minimum atomic E-state index is -0.323. The lowest BCUT2D eigenvalue weighted by Crippen LogP contribution is -3.15. The van der Waals surface area contributed by atoms with Crippen LogP contribution in [0.2, 0.25) is 0 Å². The molecule has 2 N–H and O–H groups in total. The van der Waals surface area contributed by atoms with Gasteiger partial charge >= 0.3 is 0 Å². The topological polar surface area (TPSA) is 53.9 Å². The number of quaternary nitrogens is 1. The van der Waals surface area contributed by atoms with E-state index in [-0.39, 0.29) is 17.6 Å². The first kappa shape index (κ1) is 20.7. The van der Waals surface area contributed by atoms with E-state index < -0.39 is 0 Å². The number of amides is 2. The van der Waals surface area contributed by atoms with Gasteiger partial charge in [0.1, 0.15) is 5.82 Å². The van der Waals surface area contributed by atoms with Crippen LogP contribution in [-0.4, -0.2) is 49.4 Å². The molecule has 5 nitrogen and oxygen atoms in total. The van der Waals surface area contributed by atoms with Crippen LogP contribution in [0.1, 0.15) is 18.1 Å². The van der Waals surface area contributed by atoms with E-state index in [2.05, 4.69) is 12.2 Å². The number of carbonyl (C=O) groups excluding carboxylic acids is 2. The molecule has 2 aromatic carbocycles. The maximum Gasteiger partial charge on any atom is 0.279 e. The van der Waals surface area contributed by atoms with E-state index in [0.717, 1.165) is 35.7 Å². The van der Waals surface area contributed by atoms with Gasteiger partial charge in [-0.3, -0.25) is 9.59 Å². The summed E-state index contributed by atoms with van der Waals surface area (Å²) in [6.07, 6.45) is 3.98. The van der Waals surface area contributed by atoms with Crippen molar-refractivity contribution in [3.8, 4) is 0 Å². The van der Waals surface area contributed by atoms with Crippen molar-refractivity contribution < 1.29 is 18.9 Å². The molecule has 3 rings (SSSR count). The summed E-state index contributed by atoms with van der Waals surface area (Å²) in [5.74, 6) is -0.419. The molecule has 29 heavy (non-hydrogen) atoms. The van der Waals surface area contributed by atoms with Crippen molar-refractivity contribution in [3.05, 3.63) is 71.6 Å². The predicted molar refractivity (Wildman–Crippen MR) is 112 cm³/mol. The van der Waals surface area contributed by atoms with Crippen LogP contribution in [0.5, 0.6) is 0 Å². The summed E-state index contributed by atoms with van der Waals surface area (Å²) in [5, 5.41) is 3.00. The van der Waals surface area contributed by atoms with Crippen LogP contribution in [-0.2, 0) is 16.0 Å². The number of hydrogen-bond donors (Lipinski definition) is 2. The molecule has 1 aliphatic rings. The second-order valence-electron chi connectivity index (χ2n) is 7.20. The van der Waals surface area contributed by atoms with Crippen LogP contribution in [0.25, 0.3) is 6.08 Å². The van der Waals surface area contributed by atoms with E-state index >= 15 is 0 Å². The Morgan fingerprint density at radius 2 is 1.90 bits per heavy atom. The average Bonchev–Trinajstić information content (AvgIpc) is 2.73. The third-order valence-electron chi connectivity index (χ3n) is 5.13. The fourth-order valence-corrected chi connectivity index (χ4v) is 3.48. The van der Waals surface area contributed by atoms with Crippen molar-refractivity contribution in [3.63, 3.8) is 0 Å². The number of halogens is 1. The molecule has 1 aliphatic heterocycles. The van der Waals surface area contributed by atoms with Crippen LogP contribution in [0.3, 0.4) is 0 Å². The van der Waals surface area contributed by atoms with Gasteiger partial charge in [-0.25, -0.2) is 4.39 Å². The van der Waals surface area contributed by atoms with E-state index in [0.29, 0.717) is 25.2 Å². The molecule has 1 saturated heterocycles. The van der Waals surface area contributed by atoms with Crippen LogP contribution in [0.15, 0.2) is 54.6 Å². The molecule has 0 atom stereocenters. The first-order chi connectivity index (χ1) is 14.0. The minimum Gasteiger partial charge on any atom is -0.328 e. The molecular formula is C23H27FN3O2+. The zero-order chi connectivity index (χ0) is 20.6. The number of rotatable bonds is 6. The number of anilines is 1. The highest BCUT2D eigenvalue weighted by atomic mass is 19.1. The molecular weight excluding hydrogens is 369 g/mol. The predicted octanol–water partition coefficient (Wildman–Crippen LogP) is 1.77. The summed E-state index contributed by atoms with van der Waals surface area (Å²) in [6.45, 7) is 5.10. The van der Waals surface area contributed by atoms with E-state index in [9.17, 15) is 14.0 Å². The highest BCUT2D eigenvalue weighted by molar-refractivity contribution is 5.92. The van der Waals surface area contributed by atoms with Crippen molar-refractivity contribution in [2.75, 3.05) is 38.0 Å². The third kappa shape index (κ3) is 5.99. The number of carbonyl (C=O) groups is 2. The Kier molecular flexibility index (Phi) is 7.14. The minimum absolute atomic E-state index is 0.00771. The maximum absolute atomic E-state index is 13.2. The summed E-state index contributed by atoms with van der Waals surface area (Å²) < 4.78 is 13.2. The molecule has 0 unspecified atom stereocenters. The Hall–Kier alpha value is -2.99. The van der Waals surface area contributed by atoms with Gasteiger partial charge in [0.2, 0.25) is 5.91 Å². The van der Waals surface area contributed by atoms with Crippen molar-refractivity contribution in [2.45, 2.75) is 13.3 Å². The lowest BCUT2D eigenvalue weighted by atomic mass is 10.1. The summed E-state index contributed by atoms with van der Waals surface area (Å²) in [5.41, 5.74) is 2.65. The van der Waals surface area contributed by atoms with Crippen LogP contribution in [0, 0.1) is 5.82 Å². The highest BCUT2D eigenvalue weighted by Crippen LogP contribution is 2.14. The smallest absolute Gasteiger partial charge is 0.279 e. The molecule has 0 aromatic heterocycles. The molecule has 0 radical (unpaired) electrons. The van der Waals surface area contributed by atoms with Gasteiger partial charge < -0.3 is 15.1 Å². The number of nitrogens with one attached hydrogen (secondary N) is 2. The number of benzene rings is 2. The van der Waals surface area contributed by atoms with Gasteiger partial charge in [-0.2, -0.15) is 0 Å². The Morgan fingerprint density at radius 3 is 2.62 bits per heavy atom. The third-order valence-corrected chi connectivity index (χ3v) is 5.13. The molecule has 0 saturated carbocycles. The summed E-state index contributed by atoms with van der Waals surface area (Å²) >= 11 is 0. The van der Waals surface area contributed by atoms with E-state index in [4.69, 9.17) is 0 Å². The second-order valence-corrected chi connectivity index (χ2v) is 7.20. The molecule has 0 aliphatic carbocycles. The normalized spacial score (nSPS) is 14.9. The zero-order valence-electron chi connectivity index (χ0n) is 16.7. The molecule has 2 amide bonds. The van der Waals surface area contributed by atoms with Crippen molar-refractivity contribution in [2.24, 2.45) is 0 Å². The number of aryl methyl sites for hydroxylation is 1. The molecule has 2 aromatic rings. The van der Waals surface area contributed by atoms with Gasteiger partial charge in [-0.05, 0) is 41.8 Å².